The van der Waals surface area contributed by atoms with Crippen molar-refractivity contribution < 1.29 is 9.53 Å². The number of esters is 1. The molecule has 0 aliphatic heterocycles. The van der Waals surface area contributed by atoms with Crippen molar-refractivity contribution in [3.63, 3.8) is 0 Å². The molecule has 1 atom stereocenters. The Hall–Kier alpha value is -0.970. The summed E-state index contributed by atoms with van der Waals surface area (Å²) in [5, 5.41) is 3.60. The molecule has 0 fully saturated rings. The lowest BCUT2D eigenvalue weighted by Gasteiger charge is -2.17. The average molecular weight is 277 g/mol. The van der Waals surface area contributed by atoms with Gasteiger partial charge in [0.2, 0.25) is 0 Å². The van der Waals surface area contributed by atoms with Crippen LogP contribution in [0.3, 0.4) is 0 Å². The fraction of sp³-hybridized carbons (Fsp3) is 0.364. The summed E-state index contributed by atoms with van der Waals surface area (Å²) in [5.74, 6) is -0.406. The zero-order valence-corrected chi connectivity index (χ0v) is 11.1. The molecule has 17 heavy (non-hydrogen) atoms. The minimum Gasteiger partial charge on any atom is -0.465 e. The lowest BCUT2D eigenvalue weighted by molar-refractivity contribution is 0.0601. The zero-order chi connectivity index (χ0) is 12.8. The highest BCUT2D eigenvalue weighted by atomic mass is 35.5. The van der Waals surface area contributed by atoms with Crippen molar-refractivity contribution in [1.82, 2.24) is 4.84 Å². The van der Waals surface area contributed by atoms with Crippen molar-refractivity contribution in [3.05, 3.63) is 28.8 Å². The summed E-state index contributed by atoms with van der Waals surface area (Å²) in [7, 11) is 1.33. The van der Waals surface area contributed by atoms with Gasteiger partial charge < -0.3 is 10.1 Å². The van der Waals surface area contributed by atoms with E-state index >= 15 is 0 Å². The molecule has 94 valence electrons. The van der Waals surface area contributed by atoms with Gasteiger partial charge in [-0.2, -0.15) is 0 Å². The highest BCUT2D eigenvalue weighted by Crippen LogP contribution is 2.24. The smallest absolute Gasteiger partial charge is 0.337 e. The summed E-state index contributed by atoms with van der Waals surface area (Å²) in [4.78, 5) is 13.9. The molecule has 0 aliphatic carbocycles. The molecular formula is C11H14Cl2N2O2. The minimum atomic E-state index is -0.406. The van der Waals surface area contributed by atoms with Crippen LogP contribution in [-0.2, 0) is 4.74 Å². The number of hydrogen-bond acceptors (Lipinski definition) is 4. The molecule has 0 spiro atoms. The molecule has 0 radical (unpaired) electrons. The number of carbonyl (C=O) groups is 1. The van der Waals surface area contributed by atoms with Crippen LogP contribution in [0.5, 0.6) is 0 Å². The van der Waals surface area contributed by atoms with Crippen LogP contribution in [0, 0.1) is 0 Å². The fourth-order valence-electron chi connectivity index (χ4n) is 1.27. The monoisotopic (exact) mass is 276 g/mol. The molecule has 0 saturated carbocycles. The Morgan fingerprint density at radius 1 is 1.53 bits per heavy atom. The van der Waals surface area contributed by atoms with E-state index < -0.39 is 5.97 Å². The van der Waals surface area contributed by atoms with Gasteiger partial charge in [0.1, 0.15) is 0 Å². The number of benzene rings is 1. The lowest BCUT2D eigenvalue weighted by Crippen LogP contribution is -2.29. The first kappa shape index (κ1) is 14.1. The van der Waals surface area contributed by atoms with Gasteiger partial charge >= 0.3 is 5.97 Å². The molecular weight excluding hydrogens is 263 g/mol. The quantitative estimate of drug-likeness (QED) is 0.493. The second-order valence-corrected chi connectivity index (χ2v) is 4.03. The highest BCUT2D eigenvalue weighted by Gasteiger charge is 2.11. The van der Waals surface area contributed by atoms with E-state index in [1.54, 1.807) is 18.2 Å². The molecule has 0 bridgehead atoms. The van der Waals surface area contributed by atoms with Crippen molar-refractivity contribution in [2.45, 2.75) is 19.5 Å². The molecule has 1 aromatic rings. The van der Waals surface area contributed by atoms with Crippen molar-refractivity contribution >= 4 is 35.0 Å². The van der Waals surface area contributed by atoms with Crippen LogP contribution in [0.2, 0.25) is 5.02 Å². The van der Waals surface area contributed by atoms with Crippen molar-refractivity contribution in [3.8, 4) is 0 Å². The Bertz CT molecular complexity index is 395. The van der Waals surface area contributed by atoms with E-state index in [-0.39, 0.29) is 6.17 Å². The van der Waals surface area contributed by atoms with Crippen molar-refractivity contribution in [2.75, 3.05) is 12.4 Å². The number of hydrogen-bond donors (Lipinski definition) is 2. The maximum absolute atomic E-state index is 11.4. The summed E-state index contributed by atoms with van der Waals surface area (Å²) >= 11 is 11.6. The Kier molecular flexibility index (Phi) is 5.55. The third-order valence-corrected chi connectivity index (χ3v) is 2.85. The van der Waals surface area contributed by atoms with Gasteiger partial charge in [-0.1, -0.05) is 18.5 Å². The first-order chi connectivity index (χ1) is 8.12. The Balaban J connectivity index is 2.94. The van der Waals surface area contributed by atoms with Gasteiger partial charge in [-0.3, -0.25) is 0 Å². The molecule has 0 aromatic heterocycles. The largest absolute Gasteiger partial charge is 0.465 e. The summed E-state index contributed by atoms with van der Waals surface area (Å²) in [6.45, 7) is 1.96. The molecule has 0 amide bonds. The van der Waals surface area contributed by atoms with E-state index in [1.165, 1.54) is 7.11 Å². The zero-order valence-electron chi connectivity index (χ0n) is 9.59. The lowest BCUT2D eigenvalue weighted by atomic mass is 10.2. The van der Waals surface area contributed by atoms with Crippen LogP contribution < -0.4 is 10.2 Å². The van der Waals surface area contributed by atoms with Crippen molar-refractivity contribution in [1.29, 1.82) is 0 Å². The molecule has 1 unspecified atom stereocenters. The van der Waals surface area contributed by atoms with Crippen LogP contribution in [0.15, 0.2) is 18.2 Å². The van der Waals surface area contributed by atoms with E-state index in [4.69, 9.17) is 23.4 Å². The summed E-state index contributed by atoms with van der Waals surface area (Å²) in [6.07, 6.45) is 0.643. The molecule has 0 aliphatic rings. The van der Waals surface area contributed by atoms with E-state index in [0.29, 0.717) is 16.3 Å². The van der Waals surface area contributed by atoms with Gasteiger partial charge in [-0.25, -0.2) is 9.63 Å². The van der Waals surface area contributed by atoms with Gasteiger partial charge in [0.25, 0.3) is 0 Å². The number of ether oxygens (including phenoxy) is 1. The standard InChI is InChI=1S/C11H14Cl2N2O2/c1-3-10(15-13)14-9-6-7(11(16)17-2)4-5-8(9)12/h4-6,10,14-15H,3H2,1-2H3. The fourth-order valence-corrected chi connectivity index (χ4v) is 1.66. The van der Waals surface area contributed by atoms with Gasteiger partial charge in [-0.15, -0.1) is 0 Å². The number of nitrogens with one attached hydrogen (secondary N) is 2. The van der Waals surface area contributed by atoms with Crippen LogP contribution >= 0.6 is 23.4 Å². The predicted molar refractivity (Wildman–Crippen MR) is 69.5 cm³/mol. The second kappa shape index (κ2) is 6.69. The van der Waals surface area contributed by atoms with Gasteiger partial charge in [0.15, 0.2) is 0 Å². The first-order valence-corrected chi connectivity index (χ1v) is 5.88. The first-order valence-electron chi connectivity index (χ1n) is 5.13. The van der Waals surface area contributed by atoms with Crippen LogP contribution in [0.4, 0.5) is 5.69 Å². The Morgan fingerprint density at radius 2 is 2.24 bits per heavy atom. The van der Waals surface area contributed by atoms with E-state index in [0.717, 1.165) is 6.42 Å². The summed E-state index contributed by atoms with van der Waals surface area (Å²) in [6, 6.07) is 4.87. The molecule has 1 rings (SSSR count). The van der Waals surface area contributed by atoms with Gasteiger partial charge in [-0.05, 0) is 36.4 Å². The van der Waals surface area contributed by atoms with Crippen LogP contribution in [-0.4, -0.2) is 19.2 Å². The number of methoxy groups -OCH3 is 1. The molecule has 1 aromatic carbocycles. The maximum Gasteiger partial charge on any atom is 0.337 e. The summed E-state index contributed by atoms with van der Waals surface area (Å²) in [5.41, 5.74) is 1.07. The number of rotatable bonds is 5. The Labute approximate surface area is 110 Å². The van der Waals surface area contributed by atoms with E-state index in [2.05, 4.69) is 14.9 Å². The van der Waals surface area contributed by atoms with Gasteiger partial charge in [0, 0.05) is 0 Å². The molecule has 4 nitrogen and oxygen atoms in total. The third kappa shape index (κ3) is 3.77. The average Bonchev–Trinajstić information content (AvgIpc) is 2.36. The number of halogens is 2. The SMILES string of the molecule is CCC(NCl)Nc1cc(C(=O)OC)ccc1Cl. The third-order valence-electron chi connectivity index (χ3n) is 2.26. The minimum absolute atomic E-state index is 0.123. The number of anilines is 1. The van der Waals surface area contributed by atoms with Gasteiger partial charge in [0.05, 0.1) is 29.5 Å². The molecule has 0 saturated heterocycles. The topological polar surface area (TPSA) is 50.4 Å². The Morgan fingerprint density at radius 3 is 2.76 bits per heavy atom. The van der Waals surface area contributed by atoms with E-state index in [9.17, 15) is 4.79 Å². The second-order valence-electron chi connectivity index (χ2n) is 3.40. The molecule has 0 heterocycles. The van der Waals surface area contributed by atoms with E-state index in [1.807, 2.05) is 6.92 Å². The highest BCUT2D eigenvalue weighted by molar-refractivity contribution is 6.33. The van der Waals surface area contributed by atoms with Crippen LogP contribution in [0.1, 0.15) is 23.7 Å². The van der Waals surface area contributed by atoms with Crippen molar-refractivity contribution in [2.24, 2.45) is 0 Å². The molecule has 2 N–H and O–H groups in total. The van der Waals surface area contributed by atoms with Crippen LogP contribution in [0.25, 0.3) is 0 Å². The maximum atomic E-state index is 11.4. The normalized spacial score (nSPS) is 12.0. The number of carbonyl (C=O) groups excluding carboxylic acids is 1. The summed E-state index contributed by atoms with van der Waals surface area (Å²) < 4.78 is 4.64. The predicted octanol–water partition coefficient (Wildman–Crippen LogP) is 3.02. The molecule has 6 heteroatoms.